The van der Waals surface area contributed by atoms with E-state index >= 15 is 0 Å². The van der Waals surface area contributed by atoms with E-state index in [1.54, 1.807) is 26.3 Å². The number of hydrogen-bond acceptors (Lipinski definition) is 4. The summed E-state index contributed by atoms with van der Waals surface area (Å²) >= 11 is 0. The summed E-state index contributed by atoms with van der Waals surface area (Å²) in [6, 6.07) is 13.3. The number of hydrogen-bond donors (Lipinski definition) is 0. The van der Waals surface area contributed by atoms with Gasteiger partial charge in [0.2, 0.25) is 5.91 Å². The summed E-state index contributed by atoms with van der Waals surface area (Å²) in [5, 5.41) is 6.08. The maximum atomic E-state index is 13.5. The topological polar surface area (TPSA) is 62.2 Å². The first kappa shape index (κ1) is 22.0. The Labute approximate surface area is 187 Å². The first-order valence-electron chi connectivity index (χ1n) is 11.0. The quantitative estimate of drug-likeness (QED) is 0.682. The number of halogens is 1. The van der Waals surface area contributed by atoms with Gasteiger partial charge in [0.05, 0.1) is 18.9 Å². The Morgan fingerprint density at radius 2 is 1.88 bits per heavy atom. The van der Waals surface area contributed by atoms with Crippen molar-refractivity contribution in [1.29, 1.82) is 0 Å². The summed E-state index contributed by atoms with van der Waals surface area (Å²) in [4.78, 5) is 27.5. The van der Waals surface area contributed by atoms with Gasteiger partial charge in [-0.2, -0.15) is 5.10 Å². The lowest BCUT2D eigenvalue weighted by Gasteiger charge is -2.26. The highest BCUT2D eigenvalue weighted by atomic mass is 19.1. The number of methoxy groups -OCH3 is 1. The van der Waals surface area contributed by atoms with Crippen molar-refractivity contribution in [2.45, 2.75) is 38.1 Å². The number of hydrazone groups is 1. The Bertz CT molecular complexity index is 1020. The zero-order valence-corrected chi connectivity index (χ0v) is 18.5. The second kappa shape index (κ2) is 9.51. The first-order chi connectivity index (χ1) is 15.5. The number of likely N-dealkylation sites (N-methyl/N-ethyl adjacent to an activating group) is 1. The van der Waals surface area contributed by atoms with Gasteiger partial charge in [-0.25, -0.2) is 9.40 Å². The van der Waals surface area contributed by atoms with Crippen LogP contribution in [-0.2, 0) is 9.59 Å². The summed E-state index contributed by atoms with van der Waals surface area (Å²) in [6.07, 6.45) is 4.38. The Kier molecular flexibility index (Phi) is 6.53. The number of carbonyl (C=O) groups is 2. The molecule has 168 valence electrons. The molecule has 0 spiro atoms. The van der Waals surface area contributed by atoms with Gasteiger partial charge in [-0.1, -0.05) is 37.1 Å². The molecule has 0 radical (unpaired) electrons. The highest BCUT2D eigenvalue weighted by Gasteiger charge is 2.35. The lowest BCUT2D eigenvalue weighted by molar-refractivity contribution is -0.142. The summed E-state index contributed by atoms with van der Waals surface area (Å²) in [6.45, 7) is -0.0398. The largest absolute Gasteiger partial charge is 0.497 e. The van der Waals surface area contributed by atoms with Crippen LogP contribution in [0.4, 0.5) is 4.39 Å². The third-order valence-corrected chi connectivity index (χ3v) is 6.28. The minimum atomic E-state index is -0.362. The number of rotatable bonds is 6. The van der Waals surface area contributed by atoms with E-state index in [1.807, 2.05) is 24.3 Å². The predicted octanol–water partition coefficient (Wildman–Crippen LogP) is 4.16. The van der Waals surface area contributed by atoms with Gasteiger partial charge in [0.1, 0.15) is 18.1 Å². The Morgan fingerprint density at radius 1 is 1.16 bits per heavy atom. The van der Waals surface area contributed by atoms with Crippen molar-refractivity contribution in [2.24, 2.45) is 11.0 Å². The Balaban J connectivity index is 1.58. The molecule has 0 N–H and O–H groups in total. The molecule has 0 aromatic heterocycles. The third-order valence-electron chi connectivity index (χ3n) is 6.28. The number of carbonyl (C=O) groups excluding carboxylic acids is 2. The zero-order valence-electron chi connectivity index (χ0n) is 18.5. The van der Waals surface area contributed by atoms with Crippen LogP contribution in [0.15, 0.2) is 53.6 Å². The maximum Gasteiger partial charge on any atom is 0.262 e. The molecule has 0 saturated heterocycles. The predicted molar refractivity (Wildman–Crippen MR) is 120 cm³/mol. The van der Waals surface area contributed by atoms with Crippen LogP contribution in [0.25, 0.3) is 0 Å². The lowest BCUT2D eigenvalue weighted by Crippen LogP contribution is -2.41. The SMILES string of the molecule is COc1cccc(C2=NN(C(=O)CN(C)C(=O)C3CCCC3)C(c3ccc(F)cc3)C2)c1. The van der Waals surface area contributed by atoms with Gasteiger partial charge in [-0.3, -0.25) is 9.59 Å². The lowest BCUT2D eigenvalue weighted by atomic mass is 9.98. The van der Waals surface area contributed by atoms with Gasteiger partial charge in [0.15, 0.2) is 0 Å². The van der Waals surface area contributed by atoms with Gasteiger partial charge in [-0.05, 0) is 42.7 Å². The summed E-state index contributed by atoms with van der Waals surface area (Å²) in [5.41, 5.74) is 2.41. The second-order valence-electron chi connectivity index (χ2n) is 8.46. The van der Waals surface area contributed by atoms with E-state index < -0.39 is 0 Å². The average Bonchev–Trinajstić information content (AvgIpc) is 3.50. The standard InChI is InChI=1S/C25H28FN3O3/c1-28(25(31)18-6-3-4-7-18)16-24(30)29-23(17-10-12-20(26)13-11-17)15-22(27-29)19-8-5-9-21(14-19)32-2/h5,8-14,18,23H,3-4,6-7,15-16H2,1-2H3. The van der Waals surface area contributed by atoms with Crippen molar-refractivity contribution >= 4 is 17.5 Å². The van der Waals surface area contributed by atoms with Crippen LogP contribution < -0.4 is 4.74 Å². The molecule has 2 aliphatic rings. The van der Waals surface area contributed by atoms with Crippen LogP contribution in [0.5, 0.6) is 5.75 Å². The number of benzene rings is 2. The van der Waals surface area contributed by atoms with Crippen LogP contribution in [0.1, 0.15) is 49.3 Å². The van der Waals surface area contributed by atoms with E-state index in [0.29, 0.717) is 12.2 Å². The molecule has 1 aliphatic carbocycles. The van der Waals surface area contributed by atoms with Crippen LogP contribution >= 0.6 is 0 Å². The number of nitrogens with zero attached hydrogens (tertiary/aromatic N) is 3. The van der Waals surface area contributed by atoms with Crippen LogP contribution in [0.3, 0.4) is 0 Å². The maximum absolute atomic E-state index is 13.5. The van der Waals surface area contributed by atoms with Crippen molar-refractivity contribution in [3.05, 3.63) is 65.5 Å². The van der Waals surface area contributed by atoms with Crippen LogP contribution in [-0.4, -0.2) is 48.1 Å². The second-order valence-corrected chi connectivity index (χ2v) is 8.46. The zero-order chi connectivity index (χ0) is 22.7. The molecule has 1 unspecified atom stereocenters. The molecule has 2 aromatic rings. The average molecular weight is 438 g/mol. The van der Waals surface area contributed by atoms with Crippen LogP contribution in [0.2, 0.25) is 0 Å². The molecule has 6 nitrogen and oxygen atoms in total. The molecule has 2 aromatic carbocycles. The fourth-order valence-electron chi connectivity index (χ4n) is 4.50. The molecule has 0 bridgehead atoms. The summed E-state index contributed by atoms with van der Waals surface area (Å²) in [7, 11) is 3.28. The van der Waals surface area contributed by atoms with Crippen molar-refractivity contribution in [3.63, 3.8) is 0 Å². The summed E-state index contributed by atoms with van der Waals surface area (Å²) < 4.78 is 18.8. The summed E-state index contributed by atoms with van der Waals surface area (Å²) in [5.74, 6) is 0.141. The minimum Gasteiger partial charge on any atom is -0.497 e. The molecular weight excluding hydrogens is 409 g/mol. The smallest absolute Gasteiger partial charge is 0.262 e. The fraction of sp³-hybridized carbons (Fsp3) is 0.400. The molecule has 1 fully saturated rings. The highest BCUT2D eigenvalue weighted by Crippen LogP contribution is 2.34. The minimum absolute atomic E-state index is 0.00937. The molecular formula is C25H28FN3O3. The normalized spacial score (nSPS) is 18.5. The van der Waals surface area contributed by atoms with E-state index in [0.717, 1.165) is 42.5 Å². The molecule has 7 heteroatoms. The van der Waals surface area contributed by atoms with Gasteiger partial charge in [-0.15, -0.1) is 0 Å². The molecule has 32 heavy (non-hydrogen) atoms. The first-order valence-corrected chi connectivity index (χ1v) is 11.0. The Morgan fingerprint density at radius 3 is 2.56 bits per heavy atom. The van der Waals surface area contributed by atoms with Gasteiger partial charge in [0, 0.05) is 24.9 Å². The van der Waals surface area contributed by atoms with Crippen molar-refractivity contribution < 1.29 is 18.7 Å². The fourth-order valence-corrected chi connectivity index (χ4v) is 4.50. The van der Waals surface area contributed by atoms with Crippen molar-refractivity contribution in [1.82, 2.24) is 9.91 Å². The van der Waals surface area contributed by atoms with E-state index in [-0.39, 0.29) is 36.1 Å². The van der Waals surface area contributed by atoms with E-state index in [9.17, 15) is 14.0 Å². The third kappa shape index (κ3) is 4.66. The van der Waals surface area contributed by atoms with Gasteiger partial charge in [0.25, 0.3) is 5.91 Å². The highest BCUT2D eigenvalue weighted by molar-refractivity contribution is 6.03. The van der Waals surface area contributed by atoms with E-state index in [4.69, 9.17) is 4.74 Å². The van der Waals surface area contributed by atoms with Crippen molar-refractivity contribution in [3.8, 4) is 5.75 Å². The van der Waals surface area contributed by atoms with Crippen molar-refractivity contribution in [2.75, 3.05) is 20.7 Å². The van der Waals surface area contributed by atoms with Crippen LogP contribution in [0, 0.1) is 11.7 Å². The van der Waals surface area contributed by atoms with Gasteiger partial charge < -0.3 is 9.64 Å². The molecule has 1 heterocycles. The molecule has 1 atom stereocenters. The van der Waals surface area contributed by atoms with E-state index in [1.165, 1.54) is 22.0 Å². The Hall–Kier alpha value is -3.22. The monoisotopic (exact) mass is 437 g/mol. The molecule has 2 amide bonds. The molecule has 4 rings (SSSR count). The molecule has 1 saturated carbocycles. The molecule has 1 aliphatic heterocycles. The number of ether oxygens (including phenoxy) is 1. The number of amides is 2. The van der Waals surface area contributed by atoms with Gasteiger partial charge >= 0.3 is 0 Å². The van der Waals surface area contributed by atoms with E-state index in [2.05, 4.69) is 5.10 Å².